The Hall–Kier alpha value is -2.41. The molecular weight excluding hydrogens is 364 g/mol. The van der Waals surface area contributed by atoms with Gasteiger partial charge in [-0.25, -0.2) is 9.97 Å². The predicted molar refractivity (Wildman–Crippen MR) is 109 cm³/mol. The summed E-state index contributed by atoms with van der Waals surface area (Å²) < 4.78 is 5.96. The zero-order valence-electron chi connectivity index (χ0n) is 15.0. The van der Waals surface area contributed by atoms with Crippen molar-refractivity contribution in [1.82, 2.24) is 20.3 Å². The molecule has 0 aliphatic carbocycles. The Morgan fingerprint density at radius 2 is 2.04 bits per heavy atom. The highest BCUT2D eigenvalue weighted by atomic mass is 35.5. The molecule has 0 spiro atoms. The highest BCUT2D eigenvalue weighted by molar-refractivity contribution is 5.86. The van der Waals surface area contributed by atoms with Crippen LogP contribution in [-0.2, 0) is 0 Å². The molecule has 0 bridgehead atoms. The molecule has 27 heavy (non-hydrogen) atoms. The fourth-order valence-corrected chi connectivity index (χ4v) is 3.74. The van der Waals surface area contributed by atoms with Gasteiger partial charge in [0.1, 0.15) is 11.4 Å². The number of aromatic nitrogens is 3. The van der Waals surface area contributed by atoms with E-state index in [1.807, 2.05) is 24.4 Å². The molecule has 1 fully saturated rings. The molecule has 1 aliphatic rings. The van der Waals surface area contributed by atoms with Crippen LogP contribution in [0.4, 0.5) is 0 Å². The van der Waals surface area contributed by atoms with E-state index in [2.05, 4.69) is 40.4 Å². The number of fused-ring (bicyclic) bond motifs is 2. The highest BCUT2D eigenvalue weighted by Crippen LogP contribution is 2.30. The van der Waals surface area contributed by atoms with E-state index in [1.54, 1.807) is 0 Å². The fourth-order valence-electron chi connectivity index (χ4n) is 3.74. The van der Waals surface area contributed by atoms with E-state index in [-0.39, 0.29) is 17.9 Å². The number of hydrogen-bond donors (Lipinski definition) is 2. The van der Waals surface area contributed by atoms with Crippen LogP contribution in [0.25, 0.3) is 33.5 Å². The summed E-state index contributed by atoms with van der Waals surface area (Å²) in [5.41, 5.74) is 3.73. The van der Waals surface area contributed by atoms with Crippen LogP contribution >= 0.6 is 12.4 Å². The SMILES string of the molecule is CC1CC(c2ncc3[nH]c(-c4cc5ccccc5o4)cc3n2)CCN1.Cl.O. The molecule has 5 rings (SSSR count). The number of hydrogen-bond acceptors (Lipinski definition) is 4. The summed E-state index contributed by atoms with van der Waals surface area (Å²) in [6, 6.07) is 12.7. The zero-order valence-corrected chi connectivity index (χ0v) is 15.8. The molecule has 2 atom stereocenters. The smallest absolute Gasteiger partial charge is 0.151 e. The first-order chi connectivity index (χ1) is 12.3. The molecule has 4 N–H and O–H groups in total. The van der Waals surface area contributed by atoms with Gasteiger partial charge in [-0.15, -0.1) is 12.4 Å². The van der Waals surface area contributed by atoms with Gasteiger partial charge in [-0.05, 0) is 44.5 Å². The van der Waals surface area contributed by atoms with Crippen molar-refractivity contribution < 1.29 is 9.89 Å². The van der Waals surface area contributed by atoms with E-state index < -0.39 is 0 Å². The molecule has 7 heteroatoms. The Morgan fingerprint density at radius 3 is 2.85 bits per heavy atom. The summed E-state index contributed by atoms with van der Waals surface area (Å²) >= 11 is 0. The van der Waals surface area contributed by atoms with Crippen LogP contribution in [0.1, 0.15) is 31.5 Å². The van der Waals surface area contributed by atoms with Crippen molar-refractivity contribution in [2.24, 2.45) is 0 Å². The summed E-state index contributed by atoms with van der Waals surface area (Å²) in [5.74, 6) is 2.22. The number of furan rings is 1. The molecule has 0 amide bonds. The first-order valence-electron chi connectivity index (χ1n) is 8.84. The van der Waals surface area contributed by atoms with Gasteiger partial charge < -0.3 is 20.2 Å². The maximum Gasteiger partial charge on any atom is 0.151 e. The summed E-state index contributed by atoms with van der Waals surface area (Å²) in [6.45, 7) is 3.26. The van der Waals surface area contributed by atoms with E-state index in [0.29, 0.717) is 12.0 Å². The van der Waals surface area contributed by atoms with E-state index in [9.17, 15) is 0 Å². The standard InChI is InChI=1S/C20H20N4O.ClH.H2O/c1-12-8-14(6-7-21-12)20-22-11-17-15(24-20)10-16(23-17)19-9-13-4-2-3-5-18(13)25-19;;/h2-5,9-12,14,21,23H,6-8H2,1H3;1H;1H2. The lowest BCUT2D eigenvalue weighted by atomic mass is 9.92. The Bertz CT molecular complexity index is 1030. The molecular formula is C20H23ClN4O2. The highest BCUT2D eigenvalue weighted by Gasteiger charge is 2.22. The van der Waals surface area contributed by atoms with Crippen molar-refractivity contribution in [2.45, 2.75) is 31.7 Å². The molecule has 142 valence electrons. The van der Waals surface area contributed by atoms with Gasteiger partial charge in [0.25, 0.3) is 0 Å². The molecule has 1 aromatic carbocycles. The number of piperidine rings is 1. The zero-order chi connectivity index (χ0) is 16.8. The maximum atomic E-state index is 5.96. The predicted octanol–water partition coefficient (Wildman–Crippen LogP) is 3.82. The van der Waals surface area contributed by atoms with Gasteiger partial charge in [-0.2, -0.15) is 0 Å². The van der Waals surface area contributed by atoms with Crippen LogP contribution in [0.2, 0.25) is 0 Å². The maximum absolute atomic E-state index is 5.96. The minimum atomic E-state index is 0. The average molecular weight is 387 g/mol. The lowest BCUT2D eigenvalue weighted by Crippen LogP contribution is -2.35. The van der Waals surface area contributed by atoms with Crippen molar-refractivity contribution in [3.63, 3.8) is 0 Å². The Morgan fingerprint density at radius 1 is 1.19 bits per heavy atom. The second kappa shape index (κ2) is 7.68. The normalized spacial score (nSPS) is 19.6. The summed E-state index contributed by atoms with van der Waals surface area (Å²) in [4.78, 5) is 12.8. The minimum absolute atomic E-state index is 0. The van der Waals surface area contributed by atoms with Gasteiger partial charge in [0.15, 0.2) is 5.76 Å². The van der Waals surface area contributed by atoms with Gasteiger partial charge in [0, 0.05) is 17.3 Å². The van der Waals surface area contributed by atoms with Gasteiger partial charge in [0.05, 0.1) is 22.9 Å². The van der Waals surface area contributed by atoms with Crippen LogP contribution in [0.5, 0.6) is 0 Å². The Balaban J connectivity index is 0.00000105. The third-order valence-electron chi connectivity index (χ3n) is 5.07. The Labute approximate surface area is 163 Å². The lowest BCUT2D eigenvalue weighted by molar-refractivity contribution is 0.371. The van der Waals surface area contributed by atoms with E-state index in [4.69, 9.17) is 9.40 Å². The number of nitrogens with zero attached hydrogens (tertiary/aromatic N) is 2. The third kappa shape index (κ3) is 3.56. The van der Waals surface area contributed by atoms with E-state index in [0.717, 1.165) is 58.7 Å². The molecule has 3 aromatic heterocycles. The molecule has 1 saturated heterocycles. The monoisotopic (exact) mass is 386 g/mol. The van der Waals surface area contributed by atoms with Crippen molar-refractivity contribution in [1.29, 1.82) is 0 Å². The van der Waals surface area contributed by atoms with Crippen LogP contribution in [-0.4, -0.2) is 33.0 Å². The molecule has 0 radical (unpaired) electrons. The van der Waals surface area contributed by atoms with Crippen LogP contribution in [0, 0.1) is 0 Å². The van der Waals surface area contributed by atoms with Gasteiger partial charge in [0.2, 0.25) is 0 Å². The molecule has 0 saturated carbocycles. The largest absolute Gasteiger partial charge is 0.455 e. The van der Waals surface area contributed by atoms with Gasteiger partial charge in [-0.1, -0.05) is 18.2 Å². The summed E-state index contributed by atoms with van der Waals surface area (Å²) in [5, 5.41) is 4.59. The third-order valence-corrected chi connectivity index (χ3v) is 5.07. The van der Waals surface area contributed by atoms with Crippen molar-refractivity contribution >= 4 is 34.4 Å². The lowest BCUT2D eigenvalue weighted by Gasteiger charge is -2.26. The number of H-pyrrole nitrogens is 1. The van der Waals surface area contributed by atoms with Crippen LogP contribution in [0.3, 0.4) is 0 Å². The Kier molecular flexibility index (Phi) is 5.51. The number of halogens is 1. The first kappa shape index (κ1) is 19.4. The van der Waals surface area contributed by atoms with Crippen molar-refractivity contribution in [3.05, 3.63) is 48.4 Å². The van der Waals surface area contributed by atoms with E-state index >= 15 is 0 Å². The molecule has 1 aliphatic heterocycles. The van der Waals surface area contributed by atoms with Crippen LogP contribution < -0.4 is 5.32 Å². The van der Waals surface area contributed by atoms with Gasteiger partial charge in [-0.3, -0.25) is 0 Å². The molecule has 6 nitrogen and oxygen atoms in total. The average Bonchev–Trinajstić information content (AvgIpc) is 3.24. The van der Waals surface area contributed by atoms with Crippen molar-refractivity contribution in [3.8, 4) is 11.5 Å². The quantitative estimate of drug-likeness (QED) is 0.547. The fraction of sp³-hybridized carbons (Fsp3) is 0.300. The van der Waals surface area contributed by atoms with Crippen molar-refractivity contribution in [2.75, 3.05) is 6.54 Å². The van der Waals surface area contributed by atoms with E-state index in [1.165, 1.54) is 0 Å². The molecule has 2 unspecified atom stereocenters. The minimum Gasteiger partial charge on any atom is -0.455 e. The molecule has 4 heterocycles. The number of nitrogens with one attached hydrogen (secondary N) is 2. The van der Waals surface area contributed by atoms with Crippen LogP contribution in [0.15, 0.2) is 47.0 Å². The number of aromatic amines is 1. The second-order valence-corrected chi connectivity index (χ2v) is 6.94. The second-order valence-electron chi connectivity index (χ2n) is 6.94. The first-order valence-corrected chi connectivity index (χ1v) is 8.84. The number of rotatable bonds is 2. The number of benzene rings is 1. The molecule has 4 aromatic rings. The topological polar surface area (TPSA) is 98.2 Å². The number of para-hydroxylation sites is 1. The summed E-state index contributed by atoms with van der Waals surface area (Å²) in [6.07, 6.45) is 4.08. The van der Waals surface area contributed by atoms with Gasteiger partial charge >= 0.3 is 0 Å². The summed E-state index contributed by atoms with van der Waals surface area (Å²) in [7, 11) is 0.